The minimum Gasteiger partial charge on any atom is -0.378 e. The van der Waals surface area contributed by atoms with E-state index in [1.54, 1.807) is 12.3 Å². The summed E-state index contributed by atoms with van der Waals surface area (Å²) in [7, 11) is 0. The van der Waals surface area contributed by atoms with Gasteiger partial charge in [-0.3, -0.25) is 4.90 Å². The van der Waals surface area contributed by atoms with Crippen LogP contribution in [0.2, 0.25) is 10.2 Å². The summed E-state index contributed by atoms with van der Waals surface area (Å²) in [6.45, 7) is 6.48. The Morgan fingerprint density at radius 3 is 2.50 bits per heavy atom. The number of hydrogen-bond donors (Lipinski definition) is 1. The number of aromatic nitrogens is 4. The van der Waals surface area contributed by atoms with Crippen molar-refractivity contribution in [1.29, 1.82) is 0 Å². The number of aryl methyl sites for hydroxylation is 1. The molecule has 3 aliphatic rings. The van der Waals surface area contributed by atoms with E-state index in [-0.39, 0.29) is 11.6 Å². The van der Waals surface area contributed by atoms with Gasteiger partial charge < -0.3 is 10.1 Å². The summed E-state index contributed by atoms with van der Waals surface area (Å²) in [5, 5.41) is 8.39. The number of nitrogens with one attached hydrogen (secondary N) is 1. The molecular weight excluding hydrogens is 485 g/mol. The minimum atomic E-state index is -2.75. The summed E-state index contributed by atoms with van der Waals surface area (Å²) in [5.41, 5.74) is 1.99. The molecule has 1 atom stereocenters. The second-order valence-electron chi connectivity index (χ2n) is 9.04. The smallest absolute Gasteiger partial charge is 0.272 e. The van der Waals surface area contributed by atoms with E-state index in [0.717, 1.165) is 34.9 Å². The topological polar surface area (TPSA) is 68.1 Å². The molecule has 1 unspecified atom stereocenters. The number of ether oxygens (including phenoxy) is 1. The molecule has 3 fully saturated rings. The predicted octanol–water partition coefficient (Wildman–Crippen LogP) is 5.64. The summed E-state index contributed by atoms with van der Waals surface area (Å²) in [6.07, 6.45) is 7.00. The monoisotopic (exact) mass is 510 g/mol. The van der Waals surface area contributed by atoms with E-state index in [0.29, 0.717) is 22.2 Å². The van der Waals surface area contributed by atoms with Crippen LogP contribution in [0, 0.1) is 6.92 Å². The minimum absolute atomic E-state index is 0.105. The number of likely N-dealkylation sites (tertiary alicyclic amines) is 1. The van der Waals surface area contributed by atoms with E-state index in [1.165, 1.54) is 38.5 Å². The second-order valence-corrected chi connectivity index (χ2v) is 9.81. The van der Waals surface area contributed by atoms with Gasteiger partial charge in [0.05, 0.1) is 36.7 Å². The van der Waals surface area contributed by atoms with Crippen molar-refractivity contribution in [2.24, 2.45) is 0 Å². The molecule has 0 amide bonds. The van der Waals surface area contributed by atoms with Crippen molar-refractivity contribution >= 4 is 45.7 Å². The number of alkyl halides is 2. The van der Waals surface area contributed by atoms with E-state index < -0.39 is 12.0 Å². The van der Waals surface area contributed by atoms with Gasteiger partial charge in [-0.1, -0.05) is 29.6 Å². The molecule has 6 rings (SSSR count). The average molecular weight is 511 g/mol. The van der Waals surface area contributed by atoms with Crippen molar-refractivity contribution in [3.63, 3.8) is 0 Å². The van der Waals surface area contributed by atoms with Gasteiger partial charge in [0, 0.05) is 23.0 Å². The average Bonchev–Trinajstić information content (AvgIpc) is 3.26. The molecule has 7 nitrogen and oxygen atoms in total. The van der Waals surface area contributed by atoms with Crippen molar-refractivity contribution in [2.75, 3.05) is 31.6 Å². The molecule has 1 aromatic carbocycles. The highest BCUT2D eigenvalue weighted by Crippen LogP contribution is 2.53. The van der Waals surface area contributed by atoms with Gasteiger partial charge in [-0.05, 0) is 50.6 Å². The van der Waals surface area contributed by atoms with Gasteiger partial charge in [0.25, 0.3) is 5.92 Å². The van der Waals surface area contributed by atoms with Crippen LogP contribution in [0.25, 0.3) is 10.9 Å². The maximum atomic E-state index is 13.2. The maximum Gasteiger partial charge on any atom is 0.272 e. The molecule has 1 aliphatic carbocycles. The van der Waals surface area contributed by atoms with Gasteiger partial charge >= 0.3 is 0 Å². The van der Waals surface area contributed by atoms with Crippen LogP contribution in [-0.2, 0) is 4.74 Å². The Kier molecular flexibility index (Phi) is 6.63. The molecule has 34 heavy (non-hydrogen) atoms. The first kappa shape index (κ1) is 23.7. The van der Waals surface area contributed by atoms with Gasteiger partial charge in [0.2, 0.25) is 5.95 Å². The number of nitrogens with zero attached hydrogens (tertiary/aromatic N) is 5. The number of halogens is 4. The summed E-state index contributed by atoms with van der Waals surface area (Å²) in [5.74, 6) is -2.45. The Morgan fingerprint density at radius 1 is 1.12 bits per heavy atom. The van der Waals surface area contributed by atoms with Crippen LogP contribution in [-0.4, -0.2) is 62.9 Å². The van der Waals surface area contributed by atoms with E-state index in [9.17, 15) is 8.78 Å². The molecule has 0 spiro atoms. The molecule has 2 aromatic heterocycles. The quantitative estimate of drug-likeness (QED) is 0.490. The second kappa shape index (κ2) is 9.53. The van der Waals surface area contributed by atoms with Crippen molar-refractivity contribution in [3.8, 4) is 0 Å². The number of piperidine rings is 1. The number of fused-ring (bicyclic) bond motifs is 1. The number of hydrogen-bond acceptors (Lipinski definition) is 6. The molecule has 3 aromatic rings. The lowest BCUT2D eigenvalue weighted by molar-refractivity contribution is -0.0698. The number of anilines is 2. The van der Waals surface area contributed by atoms with Crippen LogP contribution in [0.15, 0.2) is 24.5 Å². The molecule has 0 bridgehead atoms. The fourth-order valence-corrected chi connectivity index (χ4v) is 4.60. The largest absolute Gasteiger partial charge is 0.378 e. The summed E-state index contributed by atoms with van der Waals surface area (Å²) in [4.78, 5) is 11.2. The highest BCUT2D eigenvalue weighted by Gasteiger charge is 2.59. The van der Waals surface area contributed by atoms with Gasteiger partial charge in [-0.25, -0.2) is 23.4 Å². The first-order chi connectivity index (χ1) is 16.3. The molecule has 1 N–H and O–H groups in total. The summed E-state index contributed by atoms with van der Waals surface area (Å²) >= 11 is 12.2. The maximum absolute atomic E-state index is 13.2. The third-order valence-electron chi connectivity index (χ3n) is 6.46. The molecule has 182 valence electrons. The Balaban J connectivity index is 0.000000200. The van der Waals surface area contributed by atoms with Crippen LogP contribution < -0.4 is 5.32 Å². The first-order valence-corrected chi connectivity index (χ1v) is 12.2. The molecule has 0 radical (unpaired) electrons. The van der Waals surface area contributed by atoms with Crippen LogP contribution >= 0.6 is 23.2 Å². The van der Waals surface area contributed by atoms with Crippen LogP contribution in [0.3, 0.4) is 0 Å². The molecular formula is C23H26Cl2F2N6O. The zero-order valence-corrected chi connectivity index (χ0v) is 20.3. The normalized spacial score (nSPS) is 22.1. The van der Waals surface area contributed by atoms with E-state index in [2.05, 4.69) is 25.3 Å². The number of rotatable bonds is 4. The fourth-order valence-electron chi connectivity index (χ4n) is 4.17. The first-order valence-electron chi connectivity index (χ1n) is 11.4. The van der Waals surface area contributed by atoms with E-state index in [1.807, 2.05) is 13.0 Å². The number of benzene rings is 1. The van der Waals surface area contributed by atoms with Gasteiger partial charge in [-0.2, -0.15) is 5.10 Å². The van der Waals surface area contributed by atoms with Crippen LogP contribution in [0.5, 0.6) is 0 Å². The van der Waals surface area contributed by atoms with E-state index >= 15 is 0 Å². The van der Waals surface area contributed by atoms with Crippen LogP contribution in [0.4, 0.5) is 20.4 Å². The van der Waals surface area contributed by atoms with Crippen molar-refractivity contribution < 1.29 is 13.5 Å². The predicted molar refractivity (Wildman–Crippen MR) is 128 cm³/mol. The van der Waals surface area contributed by atoms with Crippen molar-refractivity contribution in [2.45, 2.75) is 50.6 Å². The highest BCUT2D eigenvalue weighted by molar-refractivity contribution is 6.32. The molecule has 11 heteroatoms. The molecule has 1 saturated carbocycles. The Morgan fingerprint density at radius 2 is 1.85 bits per heavy atom. The lowest BCUT2D eigenvalue weighted by atomic mass is 10.1. The molecule has 4 heterocycles. The molecule has 2 saturated heterocycles. The van der Waals surface area contributed by atoms with Crippen LogP contribution in [0.1, 0.15) is 37.3 Å². The lowest BCUT2D eigenvalue weighted by Crippen LogP contribution is -2.50. The van der Waals surface area contributed by atoms with Gasteiger partial charge in [-0.15, -0.1) is 0 Å². The zero-order valence-electron chi connectivity index (χ0n) is 18.8. The Hall–Kier alpha value is -2.07. The highest BCUT2D eigenvalue weighted by atomic mass is 35.5. The Labute approximate surface area is 206 Å². The summed E-state index contributed by atoms with van der Waals surface area (Å²) < 4.78 is 32.6. The zero-order chi connectivity index (χ0) is 23.9. The Bertz CT molecular complexity index is 1180. The third-order valence-corrected chi connectivity index (χ3v) is 7.24. The summed E-state index contributed by atoms with van der Waals surface area (Å²) in [6, 6.07) is 3.43. The van der Waals surface area contributed by atoms with Gasteiger partial charge in [0.1, 0.15) is 6.04 Å². The van der Waals surface area contributed by atoms with Crippen molar-refractivity contribution in [3.05, 3.63) is 40.3 Å². The third kappa shape index (κ3) is 4.98. The SMILES string of the molecule is C1CCN(C2COC2)CC1.Cc1cc2nc(Nc3cnn(C4CC4(F)F)c3Cl)ncc2cc1Cl. The van der Waals surface area contributed by atoms with E-state index in [4.69, 9.17) is 27.9 Å². The lowest BCUT2D eigenvalue weighted by Gasteiger charge is -2.39. The fraction of sp³-hybridized carbons (Fsp3) is 0.522. The van der Waals surface area contributed by atoms with Crippen molar-refractivity contribution in [1.82, 2.24) is 24.6 Å². The van der Waals surface area contributed by atoms with Gasteiger partial charge in [0.15, 0.2) is 5.15 Å². The molecule has 2 aliphatic heterocycles. The standard InChI is InChI=1S/C15H11Cl2F2N5.C8H15NO/c1-7-2-10-8(3-9(7)16)5-20-14(22-10)23-11-6-21-24(13(11)17)12-4-15(12,18)19;1-2-4-9(5-3-1)8-6-10-7-8/h2-3,5-6,12H,4H2,1H3,(H,20,22,23);8H,1-7H2.